The fourth-order valence-electron chi connectivity index (χ4n) is 0.904. The summed E-state index contributed by atoms with van der Waals surface area (Å²) in [5.74, 6) is -0.683. The van der Waals surface area contributed by atoms with Crippen LogP contribution in [0, 0.1) is 5.95 Å². The molecule has 0 aliphatic rings. The van der Waals surface area contributed by atoms with Gasteiger partial charge in [-0.3, -0.25) is 0 Å². The summed E-state index contributed by atoms with van der Waals surface area (Å²) in [6.45, 7) is 1.81. The molecule has 0 radical (unpaired) electrons. The lowest BCUT2D eigenvalue weighted by Crippen LogP contribution is -2.31. The van der Waals surface area contributed by atoms with Crippen molar-refractivity contribution in [3.05, 3.63) is 23.8 Å². The molecule has 0 unspecified atom stereocenters. The lowest BCUT2D eigenvalue weighted by molar-refractivity contribution is 0.425. The van der Waals surface area contributed by atoms with Crippen molar-refractivity contribution in [3.63, 3.8) is 0 Å². The molecule has 1 aromatic heterocycles. The molecule has 0 amide bonds. The third-order valence-electron chi connectivity index (χ3n) is 1.53. The van der Waals surface area contributed by atoms with Gasteiger partial charge < -0.3 is 10.0 Å². The van der Waals surface area contributed by atoms with Gasteiger partial charge in [-0.05, 0) is 24.0 Å². The second kappa shape index (κ2) is 3.64. The molecule has 0 fully saturated rings. The van der Waals surface area contributed by atoms with Gasteiger partial charge in [-0.1, -0.05) is 6.92 Å². The molecule has 2 N–H and O–H groups in total. The molecule has 0 bridgehead atoms. The van der Waals surface area contributed by atoms with Gasteiger partial charge in [0.05, 0.1) is 0 Å². The SMILES string of the molecule is CCc1cc(B(O)O)cc(F)n1. The first-order valence-corrected chi connectivity index (χ1v) is 3.66. The number of nitrogens with zero attached hydrogens (tertiary/aromatic N) is 1. The summed E-state index contributed by atoms with van der Waals surface area (Å²) in [6.07, 6.45) is 0.567. The molecule has 1 rings (SSSR count). The summed E-state index contributed by atoms with van der Waals surface area (Å²) >= 11 is 0. The maximum Gasteiger partial charge on any atom is 0.488 e. The molecule has 1 heterocycles. The van der Waals surface area contributed by atoms with Crippen LogP contribution < -0.4 is 5.46 Å². The molecule has 1 aromatic rings. The average Bonchev–Trinajstić information content (AvgIpc) is 2.03. The fraction of sp³-hybridized carbons (Fsp3) is 0.286. The van der Waals surface area contributed by atoms with E-state index in [1.54, 1.807) is 0 Å². The van der Waals surface area contributed by atoms with E-state index in [1.165, 1.54) is 6.07 Å². The summed E-state index contributed by atoms with van der Waals surface area (Å²) in [4.78, 5) is 3.55. The van der Waals surface area contributed by atoms with Crippen molar-refractivity contribution in [2.24, 2.45) is 0 Å². The monoisotopic (exact) mass is 169 g/mol. The predicted molar refractivity (Wildman–Crippen MR) is 43.4 cm³/mol. The van der Waals surface area contributed by atoms with Crippen LogP contribution in [0.4, 0.5) is 4.39 Å². The van der Waals surface area contributed by atoms with Crippen LogP contribution in [0.1, 0.15) is 12.6 Å². The third kappa shape index (κ3) is 2.02. The van der Waals surface area contributed by atoms with Gasteiger partial charge in [-0.15, -0.1) is 0 Å². The van der Waals surface area contributed by atoms with E-state index in [2.05, 4.69) is 4.98 Å². The van der Waals surface area contributed by atoms with Crippen LogP contribution in [-0.2, 0) is 6.42 Å². The van der Waals surface area contributed by atoms with Gasteiger partial charge in [0.15, 0.2) is 0 Å². The van der Waals surface area contributed by atoms with Crippen LogP contribution in [0.15, 0.2) is 12.1 Å². The minimum Gasteiger partial charge on any atom is -0.423 e. The van der Waals surface area contributed by atoms with E-state index in [0.717, 1.165) is 6.07 Å². The van der Waals surface area contributed by atoms with Crippen LogP contribution in [0.25, 0.3) is 0 Å². The molecular weight excluding hydrogens is 160 g/mol. The van der Waals surface area contributed by atoms with E-state index in [9.17, 15) is 4.39 Å². The van der Waals surface area contributed by atoms with Gasteiger partial charge in [0, 0.05) is 5.69 Å². The summed E-state index contributed by atoms with van der Waals surface area (Å²) < 4.78 is 12.6. The quantitative estimate of drug-likeness (QED) is 0.461. The third-order valence-corrected chi connectivity index (χ3v) is 1.53. The van der Waals surface area contributed by atoms with Gasteiger partial charge in [-0.25, -0.2) is 4.98 Å². The molecule has 12 heavy (non-hydrogen) atoms. The highest BCUT2D eigenvalue weighted by Gasteiger charge is 2.13. The minimum atomic E-state index is -1.63. The molecule has 0 saturated heterocycles. The Morgan fingerprint density at radius 3 is 2.67 bits per heavy atom. The second-order valence-corrected chi connectivity index (χ2v) is 2.44. The molecule has 0 spiro atoms. The van der Waals surface area contributed by atoms with E-state index in [-0.39, 0.29) is 5.46 Å². The Kier molecular flexibility index (Phi) is 2.78. The van der Waals surface area contributed by atoms with Crippen molar-refractivity contribution in [2.45, 2.75) is 13.3 Å². The molecular formula is C7H9BFNO2. The first-order chi connectivity index (χ1) is 5.63. The molecule has 5 heteroatoms. The number of aryl methyl sites for hydroxylation is 1. The molecule has 3 nitrogen and oxygen atoms in total. The van der Waals surface area contributed by atoms with E-state index in [4.69, 9.17) is 10.0 Å². The standard InChI is InChI=1S/C7H9BFNO2/c1-2-6-3-5(8(11)12)4-7(9)10-6/h3-4,11-12H,2H2,1H3. The zero-order valence-electron chi connectivity index (χ0n) is 6.66. The molecule has 0 aromatic carbocycles. The average molecular weight is 169 g/mol. The summed E-state index contributed by atoms with van der Waals surface area (Å²) in [6, 6.07) is 2.47. The largest absolute Gasteiger partial charge is 0.488 e. The lowest BCUT2D eigenvalue weighted by Gasteiger charge is -2.01. The van der Waals surface area contributed by atoms with E-state index in [0.29, 0.717) is 12.1 Å². The zero-order valence-corrected chi connectivity index (χ0v) is 6.66. The van der Waals surface area contributed by atoms with Gasteiger partial charge in [-0.2, -0.15) is 4.39 Å². The molecule has 0 saturated carbocycles. The summed E-state index contributed by atoms with van der Waals surface area (Å²) in [5.41, 5.74) is 0.650. The van der Waals surface area contributed by atoms with Crippen LogP contribution >= 0.6 is 0 Å². The Hall–Kier alpha value is -0.935. The molecule has 64 valence electrons. The Morgan fingerprint density at radius 1 is 1.50 bits per heavy atom. The van der Waals surface area contributed by atoms with Crippen molar-refractivity contribution >= 4 is 12.6 Å². The maximum absolute atomic E-state index is 12.6. The molecule has 0 atom stereocenters. The van der Waals surface area contributed by atoms with E-state index in [1.807, 2.05) is 6.92 Å². The first-order valence-electron chi connectivity index (χ1n) is 3.66. The van der Waals surface area contributed by atoms with Crippen molar-refractivity contribution < 1.29 is 14.4 Å². The van der Waals surface area contributed by atoms with E-state index < -0.39 is 13.1 Å². The highest BCUT2D eigenvalue weighted by atomic mass is 19.1. The predicted octanol–water partition coefficient (Wildman–Crippen LogP) is -0.537. The Balaban J connectivity index is 3.06. The number of halogens is 1. The molecule has 0 aliphatic carbocycles. The number of hydrogen-bond acceptors (Lipinski definition) is 3. The van der Waals surface area contributed by atoms with Crippen LogP contribution in [0.2, 0.25) is 0 Å². The van der Waals surface area contributed by atoms with Crippen LogP contribution in [-0.4, -0.2) is 22.2 Å². The number of hydrogen-bond donors (Lipinski definition) is 2. The first kappa shape index (κ1) is 9.16. The lowest BCUT2D eigenvalue weighted by atomic mass is 9.80. The number of pyridine rings is 1. The normalized spacial score (nSPS) is 10.0. The maximum atomic E-state index is 12.6. The van der Waals surface area contributed by atoms with Gasteiger partial charge in [0.25, 0.3) is 0 Å². The number of aromatic nitrogens is 1. The highest BCUT2D eigenvalue weighted by Crippen LogP contribution is 1.96. The van der Waals surface area contributed by atoms with Gasteiger partial charge in [0.2, 0.25) is 5.95 Å². The fourth-order valence-corrected chi connectivity index (χ4v) is 0.904. The summed E-state index contributed by atoms with van der Waals surface area (Å²) in [7, 11) is -1.63. The molecule has 0 aliphatic heterocycles. The van der Waals surface area contributed by atoms with Crippen LogP contribution in [0.3, 0.4) is 0 Å². The summed E-state index contributed by atoms with van der Waals surface area (Å²) in [5, 5.41) is 17.5. The highest BCUT2D eigenvalue weighted by molar-refractivity contribution is 6.58. The Bertz CT molecular complexity index is 280. The minimum absolute atomic E-state index is 0.138. The van der Waals surface area contributed by atoms with E-state index >= 15 is 0 Å². The topological polar surface area (TPSA) is 53.4 Å². The van der Waals surface area contributed by atoms with Gasteiger partial charge >= 0.3 is 7.12 Å². The second-order valence-electron chi connectivity index (χ2n) is 2.44. The van der Waals surface area contributed by atoms with Crippen molar-refractivity contribution in [2.75, 3.05) is 0 Å². The van der Waals surface area contributed by atoms with Crippen LogP contribution in [0.5, 0.6) is 0 Å². The van der Waals surface area contributed by atoms with Crippen molar-refractivity contribution in [1.29, 1.82) is 0 Å². The zero-order chi connectivity index (χ0) is 9.14. The van der Waals surface area contributed by atoms with Crippen molar-refractivity contribution in [3.8, 4) is 0 Å². The Morgan fingerprint density at radius 2 is 2.17 bits per heavy atom. The van der Waals surface area contributed by atoms with Gasteiger partial charge in [0.1, 0.15) is 0 Å². The smallest absolute Gasteiger partial charge is 0.423 e. The number of rotatable bonds is 2. The van der Waals surface area contributed by atoms with Crippen molar-refractivity contribution in [1.82, 2.24) is 4.98 Å². The Labute approximate surface area is 70.0 Å².